The first-order chi connectivity index (χ1) is 10.6. The third-order valence-electron chi connectivity index (χ3n) is 5.48. The Morgan fingerprint density at radius 3 is 2.55 bits per heavy atom. The van der Waals surface area contributed by atoms with Crippen LogP contribution in [-0.2, 0) is 9.47 Å². The van der Waals surface area contributed by atoms with Crippen molar-refractivity contribution in [2.24, 2.45) is 16.7 Å². The molecule has 0 amide bonds. The number of nitriles is 3. The minimum absolute atomic E-state index is 0.263. The van der Waals surface area contributed by atoms with Gasteiger partial charge in [0.2, 0.25) is 11.7 Å². The van der Waals surface area contributed by atoms with Gasteiger partial charge in [0.05, 0.1) is 30.2 Å². The van der Waals surface area contributed by atoms with Crippen LogP contribution >= 0.6 is 0 Å². The highest BCUT2D eigenvalue weighted by atomic mass is 16.7. The van der Waals surface area contributed by atoms with E-state index in [0.717, 1.165) is 19.3 Å². The quantitative estimate of drug-likeness (QED) is 0.841. The van der Waals surface area contributed by atoms with Crippen molar-refractivity contribution < 1.29 is 9.47 Å². The van der Waals surface area contributed by atoms with E-state index < -0.39 is 28.6 Å². The molecule has 0 unspecified atom stereocenters. The lowest BCUT2D eigenvalue weighted by Crippen LogP contribution is -2.75. The van der Waals surface area contributed by atoms with Crippen LogP contribution in [0.2, 0.25) is 0 Å². The SMILES string of the molecule is CCC[C@@H]1O[C@]23CCCC[C@@H]2C(C#N)(C#N)[C@@]1(C#N)C(=N)O3. The molecule has 3 saturated heterocycles. The standard InChI is InChI=1S/C16H18N4O2/c1-2-5-12-15(10-19)13(20)22-16(21-12)7-4-3-6-11(16)14(15,8-17)9-18/h11-12,20H,2-7H2,1H3/t11-,12+,15-,16+/m1/s1. The van der Waals surface area contributed by atoms with Crippen LogP contribution in [0.4, 0.5) is 0 Å². The zero-order chi connectivity index (χ0) is 16.0. The minimum Gasteiger partial charge on any atom is -0.447 e. The molecule has 22 heavy (non-hydrogen) atoms. The van der Waals surface area contributed by atoms with Crippen LogP contribution in [0.15, 0.2) is 0 Å². The van der Waals surface area contributed by atoms with E-state index in [9.17, 15) is 15.8 Å². The van der Waals surface area contributed by atoms with E-state index in [1.165, 1.54) is 0 Å². The topological polar surface area (TPSA) is 114 Å². The van der Waals surface area contributed by atoms with Gasteiger partial charge in [0.15, 0.2) is 10.8 Å². The second kappa shape index (κ2) is 4.70. The van der Waals surface area contributed by atoms with Crippen LogP contribution in [0.1, 0.15) is 45.4 Å². The fraction of sp³-hybridized carbons (Fsp3) is 0.750. The summed E-state index contributed by atoms with van der Waals surface area (Å²) in [6, 6.07) is 6.33. The van der Waals surface area contributed by atoms with E-state index >= 15 is 0 Å². The van der Waals surface area contributed by atoms with Gasteiger partial charge >= 0.3 is 0 Å². The summed E-state index contributed by atoms with van der Waals surface area (Å²) in [5.74, 6) is -1.83. The van der Waals surface area contributed by atoms with Gasteiger partial charge in [0.1, 0.15) is 0 Å². The van der Waals surface area contributed by atoms with Crippen LogP contribution in [0.3, 0.4) is 0 Å². The zero-order valence-corrected chi connectivity index (χ0v) is 12.6. The van der Waals surface area contributed by atoms with Gasteiger partial charge < -0.3 is 9.47 Å². The second-order valence-corrected chi connectivity index (χ2v) is 6.39. The molecular weight excluding hydrogens is 280 g/mol. The first-order valence-electron chi connectivity index (χ1n) is 7.76. The highest BCUT2D eigenvalue weighted by Gasteiger charge is 2.79. The zero-order valence-electron chi connectivity index (χ0n) is 12.6. The van der Waals surface area contributed by atoms with E-state index in [1.807, 2.05) is 6.92 Å². The maximum atomic E-state index is 9.87. The summed E-state index contributed by atoms with van der Waals surface area (Å²) in [4.78, 5) is 0. The van der Waals surface area contributed by atoms with Gasteiger partial charge in [-0.05, 0) is 19.3 Å². The lowest BCUT2D eigenvalue weighted by Gasteiger charge is -2.63. The Balaban J connectivity index is 2.27. The Labute approximate surface area is 129 Å². The minimum atomic E-state index is -1.63. The Bertz CT molecular complexity index is 626. The number of nitrogens with zero attached hydrogens (tertiary/aromatic N) is 3. The van der Waals surface area contributed by atoms with E-state index in [4.69, 9.17) is 14.9 Å². The molecular formula is C16H18N4O2. The van der Waals surface area contributed by atoms with E-state index in [2.05, 4.69) is 18.2 Å². The highest BCUT2D eigenvalue weighted by Crippen LogP contribution is 2.66. The first kappa shape index (κ1) is 14.8. The van der Waals surface area contributed by atoms with E-state index in [0.29, 0.717) is 19.3 Å². The highest BCUT2D eigenvalue weighted by molar-refractivity contribution is 5.88. The fourth-order valence-electron chi connectivity index (χ4n) is 4.49. The van der Waals surface area contributed by atoms with Crippen molar-refractivity contribution in [3.8, 4) is 18.2 Å². The van der Waals surface area contributed by atoms with E-state index in [1.54, 1.807) is 0 Å². The summed E-state index contributed by atoms with van der Waals surface area (Å²) >= 11 is 0. The average Bonchev–Trinajstić information content (AvgIpc) is 2.53. The molecule has 4 aliphatic rings. The van der Waals surface area contributed by atoms with Crippen LogP contribution in [0, 0.1) is 56.2 Å². The molecule has 3 heterocycles. The normalized spacial score (nSPS) is 41.5. The smallest absolute Gasteiger partial charge is 0.217 e. The van der Waals surface area contributed by atoms with Gasteiger partial charge in [-0.15, -0.1) is 0 Å². The number of rotatable bonds is 2. The Morgan fingerprint density at radius 2 is 1.95 bits per heavy atom. The van der Waals surface area contributed by atoms with Gasteiger partial charge in [0.25, 0.3) is 0 Å². The second-order valence-electron chi connectivity index (χ2n) is 6.39. The molecule has 6 nitrogen and oxygen atoms in total. The van der Waals surface area contributed by atoms with Gasteiger partial charge in [-0.25, -0.2) is 0 Å². The van der Waals surface area contributed by atoms with Gasteiger partial charge in [-0.1, -0.05) is 19.8 Å². The summed E-state index contributed by atoms with van der Waals surface area (Å²) < 4.78 is 11.9. The maximum Gasteiger partial charge on any atom is 0.217 e. The van der Waals surface area contributed by atoms with Crippen molar-refractivity contribution in [1.82, 2.24) is 0 Å². The van der Waals surface area contributed by atoms with Crippen molar-refractivity contribution in [2.75, 3.05) is 0 Å². The van der Waals surface area contributed by atoms with E-state index in [-0.39, 0.29) is 5.90 Å². The van der Waals surface area contributed by atoms with Crippen molar-refractivity contribution in [2.45, 2.75) is 57.3 Å². The maximum absolute atomic E-state index is 9.87. The molecule has 0 radical (unpaired) electrons. The summed E-state index contributed by atoms with van der Waals surface area (Å²) in [7, 11) is 0. The summed E-state index contributed by atoms with van der Waals surface area (Å²) in [5, 5.41) is 37.9. The third-order valence-corrected chi connectivity index (χ3v) is 5.48. The monoisotopic (exact) mass is 298 g/mol. The summed E-state index contributed by atoms with van der Waals surface area (Å²) in [6.45, 7) is 1.96. The van der Waals surface area contributed by atoms with Gasteiger partial charge in [-0.2, -0.15) is 15.8 Å². The van der Waals surface area contributed by atoms with Gasteiger partial charge in [0, 0.05) is 6.42 Å². The molecule has 114 valence electrons. The van der Waals surface area contributed by atoms with Gasteiger partial charge in [-0.3, -0.25) is 5.41 Å². The van der Waals surface area contributed by atoms with Crippen LogP contribution in [0.5, 0.6) is 0 Å². The lowest BCUT2D eigenvalue weighted by molar-refractivity contribution is -0.358. The molecule has 0 aromatic rings. The predicted octanol–water partition coefficient (Wildman–Crippen LogP) is 2.62. The molecule has 0 aromatic carbocycles. The van der Waals surface area contributed by atoms with Crippen LogP contribution < -0.4 is 0 Å². The predicted molar refractivity (Wildman–Crippen MR) is 75.0 cm³/mol. The first-order valence-corrected chi connectivity index (χ1v) is 7.76. The molecule has 0 aromatic heterocycles. The number of fused-ring (bicyclic) bond motifs is 2. The molecule has 1 N–H and O–H groups in total. The summed E-state index contributed by atoms with van der Waals surface area (Å²) in [5.41, 5.74) is -3.20. The molecule has 4 fully saturated rings. The van der Waals surface area contributed by atoms with Crippen LogP contribution in [-0.4, -0.2) is 17.8 Å². The molecule has 4 atom stereocenters. The number of ether oxygens (including phenoxy) is 2. The van der Waals surface area contributed by atoms with Crippen molar-refractivity contribution >= 4 is 5.90 Å². The number of hydrogen-bond acceptors (Lipinski definition) is 6. The molecule has 1 spiro atoms. The Morgan fingerprint density at radius 1 is 1.23 bits per heavy atom. The number of hydrogen-bond donors (Lipinski definition) is 1. The summed E-state index contributed by atoms with van der Waals surface area (Å²) in [6.07, 6.45) is 3.54. The van der Waals surface area contributed by atoms with Crippen molar-refractivity contribution in [3.05, 3.63) is 0 Å². The molecule has 6 heteroatoms. The molecule has 3 aliphatic heterocycles. The average molecular weight is 298 g/mol. The molecule has 1 aliphatic carbocycles. The number of nitrogens with one attached hydrogen (secondary N) is 1. The van der Waals surface area contributed by atoms with Crippen molar-refractivity contribution in [1.29, 1.82) is 21.2 Å². The Hall–Kier alpha value is -2.10. The molecule has 1 saturated carbocycles. The lowest BCUT2D eigenvalue weighted by atomic mass is 9.48. The molecule has 2 bridgehead atoms. The Kier molecular flexibility index (Phi) is 3.17. The fourth-order valence-corrected chi connectivity index (χ4v) is 4.49. The third kappa shape index (κ3) is 1.38. The van der Waals surface area contributed by atoms with Crippen molar-refractivity contribution in [3.63, 3.8) is 0 Å². The molecule has 4 rings (SSSR count). The van der Waals surface area contributed by atoms with Crippen LogP contribution in [0.25, 0.3) is 0 Å². The largest absolute Gasteiger partial charge is 0.447 e.